The van der Waals surface area contributed by atoms with E-state index in [1.165, 1.54) is 27.8 Å². The van der Waals surface area contributed by atoms with Crippen molar-refractivity contribution in [2.45, 2.75) is 19.3 Å². The molecule has 1 atom stereocenters. The standard InChI is InChI=1S/C28H23NO/c1-19(30)16-25-23-15-9-8-14-22(23)17-24(20-10-4-2-5-11-20)26-18-27(29-28(25)26)21-12-6-3-7-13-21/h2-15,17-18,25,29H,16H2,1H3/t25-/m1/s1. The lowest BCUT2D eigenvalue weighted by atomic mass is 9.87. The SMILES string of the molecule is CC(=O)C[C@@H]1c2ccccc2C=C(c2ccccc2)c2cc(-c3ccccc3)[nH]c21. The molecule has 5 rings (SSSR count). The maximum Gasteiger partial charge on any atom is 0.130 e. The van der Waals surface area contributed by atoms with Crippen LogP contribution in [0.5, 0.6) is 0 Å². The maximum atomic E-state index is 12.2. The zero-order valence-electron chi connectivity index (χ0n) is 16.9. The van der Waals surface area contributed by atoms with Crippen LogP contribution in [-0.4, -0.2) is 10.8 Å². The molecule has 1 aliphatic rings. The van der Waals surface area contributed by atoms with Crippen LogP contribution in [0.3, 0.4) is 0 Å². The molecule has 0 amide bonds. The Morgan fingerprint density at radius 3 is 2.17 bits per heavy atom. The van der Waals surface area contributed by atoms with E-state index in [-0.39, 0.29) is 11.7 Å². The Kier molecular flexibility index (Phi) is 4.68. The molecule has 0 saturated carbocycles. The molecule has 0 aliphatic heterocycles. The van der Waals surface area contributed by atoms with Crippen molar-refractivity contribution in [2.75, 3.05) is 0 Å². The van der Waals surface area contributed by atoms with Crippen LogP contribution in [-0.2, 0) is 4.79 Å². The maximum absolute atomic E-state index is 12.2. The summed E-state index contributed by atoms with van der Waals surface area (Å²) < 4.78 is 0. The molecule has 1 aliphatic carbocycles. The van der Waals surface area contributed by atoms with Gasteiger partial charge in [-0.2, -0.15) is 0 Å². The number of aromatic amines is 1. The number of ketones is 1. The minimum Gasteiger partial charge on any atom is -0.357 e. The van der Waals surface area contributed by atoms with E-state index in [4.69, 9.17) is 0 Å². The van der Waals surface area contributed by atoms with Crippen molar-refractivity contribution >= 4 is 17.4 Å². The molecule has 4 aromatic rings. The van der Waals surface area contributed by atoms with Crippen LogP contribution in [0.25, 0.3) is 22.9 Å². The summed E-state index contributed by atoms with van der Waals surface area (Å²) in [6, 6.07) is 31.5. The number of benzene rings is 3. The summed E-state index contributed by atoms with van der Waals surface area (Å²) in [6.45, 7) is 1.68. The monoisotopic (exact) mass is 389 g/mol. The van der Waals surface area contributed by atoms with Gasteiger partial charge >= 0.3 is 0 Å². The van der Waals surface area contributed by atoms with Crippen molar-refractivity contribution in [2.24, 2.45) is 0 Å². The Morgan fingerprint density at radius 1 is 0.833 bits per heavy atom. The minimum atomic E-state index is 0.00336. The molecule has 1 aromatic heterocycles. The molecule has 0 radical (unpaired) electrons. The van der Waals surface area contributed by atoms with Gasteiger partial charge in [0.25, 0.3) is 0 Å². The van der Waals surface area contributed by atoms with Crippen LogP contribution in [0, 0.1) is 0 Å². The first kappa shape index (κ1) is 18.4. The first-order valence-electron chi connectivity index (χ1n) is 10.3. The van der Waals surface area contributed by atoms with E-state index in [9.17, 15) is 4.79 Å². The molecule has 146 valence electrons. The minimum absolute atomic E-state index is 0.00336. The first-order valence-corrected chi connectivity index (χ1v) is 10.3. The molecule has 0 fully saturated rings. The molecule has 0 bridgehead atoms. The number of aromatic nitrogens is 1. The summed E-state index contributed by atoms with van der Waals surface area (Å²) >= 11 is 0. The zero-order chi connectivity index (χ0) is 20.5. The summed E-state index contributed by atoms with van der Waals surface area (Å²) in [7, 11) is 0. The van der Waals surface area contributed by atoms with E-state index in [0.717, 1.165) is 17.0 Å². The summed E-state index contributed by atoms with van der Waals surface area (Å²) in [5, 5.41) is 0. The molecule has 0 saturated heterocycles. The van der Waals surface area contributed by atoms with Crippen LogP contribution >= 0.6 is 0 Å². The van der Waals surface area contributed by atoms with Crippen LogP contribution in [0.2, 0.25) is 0 Å². The molecule has 2 heteroatoms. The molecule has 2 nitrogen and oxygen atoms in total. The predicted octanol–water partition coefficient (Wildman–Crippen LogP) is 6.70. The Hall–Kier alpha value is -3.65. The smallest absolute Gasteiger partial charge is 0.130 e. The number of rotatable bonds is 4. The van der Waals surface area contributed by atoms with E-state index < -0.39 is 0 Å². The molecule has 1 heterocycles. The lowest BCUT2D eigenvalue weighted by molar-refractivity contribution is -0.117. The van der Waals surface area contributed by atoms with E-state index >= 15 is 0 Å². The first-order chi connectivity index (χ1) is 14.7. The van der Waals surface area contributed by atoms with E-state index in [0.29, 0.717) is 6.42 Å². The van der Waals surface area contributed by atoms with Crippen LogP contribution in [0.15, 0.2) is 91.0 Å². The van der Waals surface area contributed by atoms with Crippen LogP contribution < -0.4 is 0 Å². The van der Waals surface area contributed by atoms with Gasteiger partial charge < -0.3 is 4.98 Å². The van der Waals surface area contributed by atoms with Gasteiger partial charge in [-0.25, -0.2) is 0 Å². The zero-order valence-corrected chi connectivity index (χ0v) is 16.9. The average Bonchev–Trinajstić information content (AvgIpc) is 3.17. The number of Topliss-reactive ketones (excluding diaryl/α,β-unsaturated/α-hetero) is 1. The highest BCUT2D eigenvalue weighted by atomic mass is 16.1. The Bertz CT molecular complexity index is 1230. The van der Waals surface area contributed by atoms with Gasteiger partial charge in [0.2, 0.25) is 0 Å². The molecular formula is C28H23NO. The third kappa shape index (κ3) is 3.31. The second-order valence-corrected chi connectivity index (χ2v) is 7.89. The van der Waals surface area contributed by atoms with Crippen LogP contribution in [0.1, 0.15) is 47.2 Å². The second-order valence-electron chi connectivity index (χ2n) is 7.89. The summed E-state index contributed by atoms with van der Waals surface area (Å²) in [5.74, 6) is 0.198. The number of hydrogen-bond acceptors (Lipinski definition) is 1. The van der Waals surface area contributed by atoms with E-state index in [1.807, 2.05) is 12.1 Å². The number of fused-ring (bicyclic) bond motifs is 2. The Balaban J connectivity index is 1.78. The molecule has 30 heavy (non-hydrogen) atoms. The highest BCUT2D eigenvalue weighted by molar-refractivity contribution is 5.96. The van der Waals surface area contributed by atoms with Crippen LogP contribution in [0.4, 0.5) is 0 Å². The highest BCUT2D eigenvalue weighted by Crippen LogP contribution is 2.43. The van der Waals surface area contributed by atoms with Crippen molar-refractivity contribution in [1.82, 2.24) is 4.98 Å². The van der Waals surface area contributed by atoms with E-state index in [2.05, 4.69) is 89.9 Å². The number of H-pyrrole nitrogens is 1. The predicted molar refractivity (Wildman–Crippen MR) is 123 cm³/mol. The van der Waals surface area contributed by atoms with Gasteiger partial charge in [-0.05, 0) is 46.9 Å². The van der Waals surface area contributed by atoms with Gasteiger partial charge in [0.1, 0.15) is 5.78 Å². The molecular weight excluding hydrogens is 366 g/mol. The average molecular weight is 389 g/mol. The van der Waals surface area contributed by atoms with Gasteiger partial charge in [0, 0.05) is 29.3 Å². The number of carbonyl (C=O) groups excluding carboxylic acids is 1. The topological polar surface area (TPSA) is 32.9 Å². The van der Waals surface area contributed by atoms with E-state index in [1.54, 1.807) is 6.92 Å². The lowest BCUT2D eigenvalue weighted by Gasteiger charge is -2.17. The van der Waals surface area contributed by atoms with Crippen molar-refractivity contribution in [1.29, 1.82) is 0 Å². The van der Waals surface area contributed by atoms with Crippen molar-refractivity contribution in [3.05, 3.63) is 119 Å². The third-order valence-electron chi connectivity index (χ3n) is 5.82. The fourth-order valence-corrected chi connectivity index (χ4v) is 4.45. The van der Waals surface area contributed by atoms with Gasteiger partial charge in [0.15, 0.2) is 0 Å². The fraction of sp³-hybridized carbons (Fsp3) is 0.107. The highest BCUT2D eigenvalue weighted by Gasteiger charge is 2.28. The quantitative estimate of drug-likeness (QED) is 0.414. The van der Waals surface area contributed by atoms with Gasteiger partial charge in [0.05, 0.1) is 0 Å². The number of nitrogens with one attached hydrogen (secondary N) is 1. The third-order valence-corrected chi connectivity index (χ3v) is 5.82. The van der Waals surface area contributed by atoms with Gasteiger partial charge in [-0.1, -0.05) is 84.9 Å². The molecule has 0 unspecified atom stereocenters. The summed E-state index contributed by atoms with van der Waals surface area (Å²) in [5.41, 5.74) is 9.24. The molecule has 0 spiro atoms. The van der Waals surface area contributed by atoms with Gasteiger partial charge in [-0.15, -0.1) is 0 Å². The van der Waals surface area contributed by atoms with Crippen molar-refractivity contribution < 1.29 is 4.79 Å². The normalized spacial score (nSPS) is 15.0. The molecule has 1 N–H and O–H groups in total. The van der Waals surface area contributed by atoms with Crippen molar-refractivity contribution in [3.63, 3.8) is 0 Å². The molecule has 3 aromatic carbocycles. The van der Waals surface area contributed by atoms with Crippen molar-refractivity contribution in [3.8, 4) is 11.3 Å². The largest absolute Gasteiger partial charge is 0.357 e. The fourth-order valence-electron chi connectivity index (χ4n) is 4.45. The Labute approximate surface area is 176 Å². The van der Waals surface area contributed by atoms with Gasteiger partial charge in [-0.3, -0.25) is 4.79 Å². The second kappa shape index (κ2) is 7.64. The summed E-state index contributed by atoms with van der Waals surface area (Å²) in [4.78, 5) is 15.9. The lowest BCUT2D eigenvalue weighted by Crippen LogP contribution is -2.08. The summed E-state index contributed by atoms with van der Waals surface area (Å²) in [6.07, 6.45) is 2.75. The number of carbonyl (C=O) groups is 1. The Morgan fingerprint density at radius 2 is 1.47 bits per heavy atom. The number of hydrogen-bond donors (Lipinski definition) is 1.